The van der Waals surface area contributed by atoms with Crippen LogP contribution in [0.15, 0.2) is 6.07 Å². The van der Waals surface area contributed by atoms with E-state index < -0.39 is 0 Å². The second-order valence-corrected chi connectivity index (χ2v) is 3.96. The van der Waals surface area contributed by atoms with Crippen LogP contribution < -0.4 is 10.1 Å². The van der Waals surface area contributed by atoms with Gasteiger partial charge in [-0.25, -0.2) is 4.98 Å². The van der Waals surface area contributed by atoms with E-state index in [1.165, 1.54) is 0 Å². The molecule has 17 heavy (non-hydrogen) atoms. The van der Waals surface area contributed by atoms with E-state index in [9.17, 15) is 0 Å². The van der Waals surface area contributed by atoms with Crippen LogP contribution >= 0.6 is 0 Å². The molecule has 1 aromatic rings. The number of rotatable bonds is 7. The number of anilines is 1. The number of aryl methyl sites for hydroxylation is 1. The summed E-state index contributed by atoms with van der Waals surface area (Å²) in [6, 6.07) is 2.03. The highest BCUT2D eigenvalue weighted by molar-refractivity contribution is 5.31. The average molecular weight is 239 g/mol. The summed E-state index contributed by atoms with van der Waals surface area (Å²) in [4.78, 5) is 8.58. The minimum atomic E-state index is 0.233. The van der Waals surface area contributed by atoms with Gasteiger partial charge in [-0.05, 0) is 13.3 Å². The molecule has 1 rings (SSSR count). The molecule has 0 saturated heterocycles. The van der Waals surface area contributed by atoms with Crippen LogP contribution in [0.25, 0.3) is 0 Å². The van der Waals surface area contributed by atoms with E-state index in [1.807, 2.05) is 6.92 Å². The molecule has 5 heteroatoms. The van der Waals surface area contributed by atoms with Gasteiger partial charge in [-0.2, -0.15) is 4.98 Å². The Kier molecular flexibility index (Phi) is 5.69. The largest absolute Gasteiger partial charge is 0.481 e. The predicted molar refractivity (Wildman–Crippen MR) is 67.5 cm³/mol. The smallest absolute Gasteiger partial charge is 0.226 e. The van der Waals surface area contributed by atoms with Crippen LogP contribution in [0, 0.1) is 6.92 Å². The topological polar surface area (TPSA) is 56.3 Å². The van der Waals surface area contributed by atoms with Crippen LogP contribution in [0.3, 0.4) is 0 Å². The molecule has 5 nitrogen and oxygen atoms in total. The number of hydrogen-bond acceptors (Lipinski definition) is 5. The molecule has 0 aliphatic heterocycles. The van der Waals surface area contributed by atoms with Gasteiger partial charge in [0.25, 0.3) is 0 Å². The van der Waals surface area contributed by atoms with Crippen molar-refractivity contribution in [2.24, 2.45) is 0 Å². The standard InChI is InChI=1S/C12H21N3O2/c1-5-6-10(8-16-3)14-12-13-9(2)7-11(15-12)17-4/h7,10H,5-6,8H2,1-4H3,(H,13,14,15). The van der Waals surface area contributed by atoms with E-state index in [0.717, 1.165) is 18.5 Å². The maximum Gasteiger partial charge on any atom is 0.226 e. The third-order valence-corrected chi connectivity index (χ3v) is 2.38. The van der Waals surface area contributed by atoms with Crippen molar-refractivity contribution in [3.05, 3.63) is 11.8 Å². The molecule has 96 valence electrons. The van der Waals surface area contributed by atoms with Crippen molar-refractivity contribution in [3.63, 3.8) is 0 Å². The van der Waals surface area contributed by atoms with Crippen LogP contribution in [0.4, 0.5) is 5.95 Å². The fourth-order valence-electron chi connectivity index (χ4n) is 1.64. The lowest BCUT2D eigenvalue weighted by Gasteiger charge is -2.17. The molecule has 0 aromatic carbocycles. The minimum absolute atomic E-state index is 0.233. The minimum Gasteiger partial charge on any atom is -0.481 e. The lowest BCUT2D eigenvalue weighted by Crippen LogP contribution is -2.26. The van der Waals surface area contributed by atoms with Gasteiger partial charge >= 0.3 is 0 Å². The first kappa shape index (κ1) is 13.7. The molecule has 0 amide bonds. The Morgan fingerprint density at radius 3 is 2.71 bits per heavy atom. The summed E-state index contributed by atoms with van der Waals surface area (Å²) >= 11 is 0. The number of methoxy groups -OCH3 is 2. The van der Waals surface area contributed by atoms with Gasteiger partial charge in [0.15, 0.2) is 0 Å². The Labute approximate surface area is 103 Å². The Hall–Kier alpha value is -1.36. The molecule has 0 saturated carbocycles. The number of nitrogens with zero attached hydrogens (tertiary/aromatic N) is 2. The van der Waals surface area contributed by atoms with Crippen molar-refractivity contribution in [3.8, 4) is 5.88 Å². The lowest BCUT2D eigenvalue weighted by molar-refractivity contribution is 0.182. The van der Waals surface area contributed by atoms with E-state index >= 15 is 0 Å². The summed E-state index contributed by atoms with van der Waals surface area (Å²) < 4.78 is 10.3. The van der Waals surface area contributed by atoms with Crippen molar-refractivity contribution in [1.29, 1.82) is 0 Å². The van der Waals surface area contributed by atoms with Crippen LogP contribution in [-0.2, 0) is 4.74 Å². The predicted octanol–water partition coefficient (Wildman–Crippen LogP) is 2.02. The van der Waals surface area contributed by atoms with E-state index in [2.05, 4.69) is 22.2 Å². The summed E-state index contributed by atoms with van der Waals surface area (Å²) in [6.45, 7) is 4.70. The van der Waals surface area contributed by atoms with E-state index in [1.54, 1.807) is 20.3 Å². The molecule has 0 spiro atoms. The normalized spacial score (nSPS) is 12.2. The molecule has 0 bridgehead atoms. The SMILES string of the molecule is CCCC(COC)Nc1nc(C)cc(OC)n1. The van der Waals surface area contributed by atoms with Crippen LogP contribution in [-0.4, -0.2) is 36.8 Å². The second-order valence-electron chi connectivity index (χ2n) is 3.96. The monoisotopic (exact) mass is 239 g/mol. The fourth-order valence-corrected chi connectivity index (χ4v) is 1.64. The van der Waals surface area contributed by atoms with Gasteiger partial charge in [-0.15, -0.1) is 0 Å². The van der Waals surface area contributed by atoms with Crippen molar-refractivity contribution < 1.29 is 9.47 Å². The van der Waals surface area contributed by atoms with Crippen LogP contribution in [0.1, 0.15) is 25.5 Å². The van der Waals surface area contributed by atoms with Crippen LogP contribution in [0.2, 0.25) is 0 Å². The lowest BCUT2D eigenvalue weighted by atomic mass is 10.2. The van der Waals surface area contributed by atoms with Crippen LogP contribution in [0.5, 0.6) is 5.88 Å². The van der Waals surface area contributed by atoms with E-state index in [0.29, 0.717) is 18.4 Å². The molecular weight excluding hydrogens is 218 g/mol. The molecule has 1 unspecified atom stereocenters. The van der Waals surface area contributed by atoms with Gasteiger partial charge in [-0.1, -0.05) is 13.3 Å². The highest BCUT2D eigenvalue weighted by atomic mass is 16.5. The molecule has 1 heterocycles. The van der Waals surface area contributed by atoms with Gasteiger partial charge in [0, 0.05) is 18.9 Å². The molecule has 0 fully saturated rings. The molecular formula is C12H21N3O2. The third kappa shape index (κ3) is 4.56. The number of aromatic nitrogens is 2. The number of hydrogen-bond donors (Lipinski definition) is 1. The van der Waals surface area contributed by atoms with E-state index in [4.69, 9.17) is 9.47 Å². The molecule has 0 aliphatic carbocycles. The molecule has 1 aromatic heterocycles. The van der Waals surface area contributed by atoms with Crippen molar-refractivity contribution in [1.82, 2.24) is 9.97 Å². The van der Waals surface area contributed by atoms with Gasteiger partial charge < -0.3 is 14.8 Å². The summed E-state index contributed by atoms with van der Waals surface area (Å²) in [5, 5.41) is 3.27. The van der Waals surface area contributed by atoms with Gasteiger partial charge in [0.2, 0.25) is 11.8 Å². The zero-order chi connectivity index (χ0) is 12.7. The zero-order valence-electron chi connectivity index (χ0n) is 11.0. The maximum atomic E-state index is 5.17. The van der Waals surface area contributed by atoms with Crippen molar-refractivity contribution >= 4 is 5.95 Å². The molecule has 1 atom stereocenters. The van der Waals surface area contributed by atoms with Gasteiger partial charge in [0.1, 0.15) is 0 Å². The Balaban J connectivity index is 2.73. The number of nitrogens with one attached hydrogen (secondary N) is 1. The van der Waals surface area contributed by atoms with Crippen molar-refractivity contribution in [2.75, 3.05) is 26.1 Å². The molecule has 0 aliphatic rings. The first-order valence-electron chi connectivity index (χ1n) is 5.84. The molecule has 0 radical (unpaired) electrons. The quantitative estimate of drug-likeness (QED) is 0.789. The Bertz CT molecular complexity index is 339. The average Bonchev–Trinajstić information content (AvgIpc) is 2.29. The third-order valence-electron chi connectivity index (χ3n) is 2.38. The van der Waals surface area contributed by atoms with Crippen molar-refractivity contribution in [2.45, 2.75) is 32.7 Å². The summed E-state index contributed by atoms with van der Waals surface area (Å²) in [6.07, 6.45) is 2.11. The zero-order valence-corrected chi connectivity index (χ0v) is 11.0. The highest BCUT2D eigenvalue weighted by Gasteiger charge is 2.10. The van der Waals surface area contributed by atoms with Gasteiger partial charge in [-0.3, -0.25) is 0 Å². The maximum absolute atomic E-state index is 5.17. The summed E-state index contributed by atoms with van der Waals surface area (Å²) in [5.74, 6) is 1.17. The first-order valence-corrected chi connectivity index (χ1v) is 5.84. The van der Waals surface area contributed by atoms with E-state index in [-0.39, 0.29) is 6.04 Å². The second kappa shape index (κ2) is 7.06. The Morgan fingerprint density at radius 2 is 2.12 bits per heavy atom. The Morgan fingerprint density at radius 1 is 1.35 bits per heavy atom. The first-order chi connectivity index (χ1) is 8.19. The summed E-state index contributed by atoms with van der Waals surface area (Å²) in [7, 11) is 3.30. The number of ether oxygens (including phenoxy) is 2. The highest BCUT2D eigenvalue weighted by Crippen LogP contribution is 2.13. The summed E-state index contributed by atoms with van der Waals surface area (Å²) in [5.41, 5.74) is 0.881. The molecule has 1 N–H and O–H groups in total. The van der Waals surface area contributed by atoms with Gasteiger partial charge in [0.05, 0.1) is 19.8 Å². The fraction of sp³-hybridized carbons (Fsp3) is 0.667.